The van der Waals surface area contributed by atoms with Gasteiger partial charge in [0.1, 0.15) is 17.6 Å². The second kappa shape index (κ2) is 8.56. The van der Waals surface area contributed by atoms with E-state index in [1.54, 1.807) is 31.5 Å². The van der Waals surface area contributed by atoms with Gasteiger partial charge in [-0.2, -0.15) is 0 Å². The molecule has 0 aliphatic carbocycles. The number of carbonyl (C=O) groups is 1. The number of aromatic nitrogens is 2. The summed E-state index contributed by atoms with van der Waals surface area (Å²) in [5.41, 5.74) is 1.78. The fourth-order valence-corrected chi connectivity index (χ4v) is 2.84. The summed E-state index contributed by atoms with van der Waals surface area (Å²) < 4.78 is 7.08. The number of benzene rings is 2. The molecule has 27 heavy (non-hydrogen) atoms. The molecule has 2 aromatic carbocycles. The maximum atomic E-state index is 12.5. The van der Waals surface area contributed by atoms with Gasteiger partial charge in [0.15, 0.2) is 0 Å². The number of hydrogen-bond acceptors (Lipinski definition) is 3. The zero-order chi connectivity index (χ0) is 19.2. The lowest BCUT2D eigenvalue weighted by atomic mass is 10.1. The van der Waals surface area contributed by atoms with Gasteiger partial charge >= 0.3 is 0 Å². The Morgan fingerprint density at radius 2 is 2.04 bits per heavy atom. The van der Waals surface area contributed by atoms with E-state index in [-0.39, 0.29) is 11.9 Å². The van der Waals surface area contributed by atoms with Crippen LogP contribution in [0.4, 0.5) is 0 Å². The third-order valence-electron chi connectivity index (χ3n) is 4.13. The van der Waals surface area contributed by atoms with Gasteiger partial charge in [-0.15, -0.1) is 0 Å². The van der Waals surface area contributed by atoms with Crippen LogP contribution in [0.2, 0.25) is 5.02 Å². The van der Waals surface area contributed by atoms with Crippen molar-refractivity contribution >= 4 is 23.6 Å². The van der Waals surface area contributed by atoms with E-state index in [2.05, 4.69) is 10.3 Å². The monoisotopic (exact) mass is 381 g/mol. The van der Waals surface area contributed by atoms with Crippen LogP contribution in [0.5, 0.6) is 5.75 Å². The molecule has 6 heteroatoms. The van der Waals surface area contributed by atoms with Gasteiger partial charge in [-0.1, -0.05) is 35.9 Å². The Bertz CT molecular complexity index is 948. The molecule has 0 saturated carbocycles. The SMILES string of the molecule is COc1cccc(C=CC(=O)NC(c2ccc(Cl)cc2)c2nccn2C)c1. The van der Waals surface area contributed by atoms with Crippen LogP contribution in [-0.2, 0) is 11.8 Å². The lowest BCUT2D eigenvalue weighted by Gasteiger charge is -2.18. The Balaban J connectivity index is 1.81. The number of imidazole rings is 1. The van der Waals surface area contributed by atoms with Crippen molar-refractivity contribution < 1.29 is 9.53 Å². The molecule has 0 bridgehead atoms. The Kier molecular flexibility index (Phi) is 5.94. The topological polar surface area (TPSA) is 56.1 Å². The highest BCUT2D eigenvalue weighted by Gasteiger charge is 2.19. The van der Waals surface area contributed by atoms with Crippen molar-refractivity contribution in [3.05, 3.63) is 89.0 Å². The van der Waals surface area contributed by atoms with Gasteiger partial charge in [0, 0.05) is 30.5 Å². The quantitative estimate of drug-likeness (QED) is 0.656. The van der Waals surface area contributed by atoms with Crippen molar-refractivity contribution in [1.82, 2.24) is 14.9 Å². The van der Waals surface area contributed by atoms with Gasteiger partial charge in [0.05, 0.1) is 7.11 Å². The number of methoxy groups -OCH3 is 1. The van der Waals surface area contributed by atoms with Crippen molar-refractivity contribution in [2.75, 3.05) is 7.11 Å². The van der Waals surface area contributed by atoms with Crippen LogP contribution in [0.1, 0.15) is 23.0 Å². The van der Waals surface area contributed by atoms with Crippen molar-refractivity contribution in [3.63, 3.8) is 0 Å². The van der Waals surface area contributed by atoms with Crippen molar-refractivity contribution in [2.24, 2.45) is 7.05 Å². The summed E-state index contributed by atoms with van der Waals surface area (Å²) in [4.78, 5) is 16.9. The van der Waals surface area contributed by atoms with E-state index in [1.807, 2.05) is 54.2 Å². The highest BCUT2D eigenvalue weighted by molar-refractivity contribution is 6.30. The highest BCUT2D eigenvalue weighted by atomic mass is 35.5. The molecule has 1 N–H and O–H groups in total. The van der Waals surface area contributed by atoms with Crippen LogP contribution >= 0.6 is 11.6 Å². The van der Waals surface area contributed by atoms with Gasteiger partial charge in [0.2, 0.25) is 5.91 Å². The molecule has 0 spiro atoms. The number of carbonyl (C=O) groups excluding carboxylic acids is 1. The third-order valence-corrected chi connectivity index (χ3v) is 4.38. The lowest BCUT2D eigenvalue weighted by Crippen LogP contribution is -2.29. The van der Waals surface area contributed by atoms with Gasteiger partial charge < -0.3 is 14.6 Å². The second-order valence-electron chi connectivity index (χ2n) is 6.00. The van der Waals surface area contributed by atoms with E-state index < -0.39 is 0 Å². The van der Waals surface area contributed by atoms with Crippen molar-refractivity contribution in [1.29, 1.82) is 0 Å². The second-order valence-corrected chi connectivity index (χ2v) is 6.44. The molecule has 0 aliphatic rings. The van der Waals surface area contributed by atoms with Crippen molar-refractivity contribution in [3.8, 4) is 5.75 Å². The largest absolute Gasteiger partial charge is 0.497 e. The number of nitrogens with one attached hydrogen (secondary N) is 1. The number of halogens is 1. The molecule has 1 unspecified atom stereocenters. The average Bonchev–Trinajstić information content (AvgIpc) is 3.11. The Morgan fingerprint density at radius 3 is 2.70 bits per heavy atom. The van der Waals surface area contributed by atoms with Gasteiger partial charge in [-0.25, -0.2) is 4.98 Å². The zero-order valence-corrected chi connectivity index (χ0v) is 15.9. The van der Waals surface area contributed by atoms with E-state index in [1.165, 1.54) is 6.08 Å². The molecule has 3 aromatic rings. The van der Waals surface area contributed by atoms with E-state index in [0.29, 0.717) is 5.02 Å². The number of nitrogens with zero attached hydrogens (tertiary/aromatic N) is 2. The minimum atomic E-state index is -0.385. The molecule has 0 fully saturated rings. The summed E-state index contributed by atoms with van der Waals surface area (Å²) >= 11 is 5.99. The summed E-state index contributed by atoms with van der Waals surface area (Å²) in [5.74, 6) is 1.26. The molecule has 1 heterocycles. The molecule has 0 aliphatic heterocycles. The molecule has 1 atom stereocenters. The third kappa shape index (κ3) is 4.77. The number of ether oxygens (including phenoxy) is 1. The first-order valence-corrected chi connectivity index (χ1v) is 8.80. The summed E-state index contributed by atoms with van der Waals surface area (Å²) in [6.45, 7) is 0. The lowest BCUT2D eigenvalue weighted by molar-refractivity contribution is -0.117. The first-order valence-electron chi connectivity index (χ1n) is 8.42. The Hall–Kier alpha value is -3.05. The first kappa shape index (κ1) is 18.7. The van der Waals surface area contributed by atoms with E-state index in [9.17, 15) is 4.79 Å². The minimum absolute atomic E-state index is 0.222. The van der Waals surface area contributed by atoms with Crippen LogP contribution in [-0.4, -0.2) is 22.6 Å². The summed E-state index contributed by atoms with van der Waals surface area (Å²) in [7, 11) is 3.50. The van der Waals surface area contributed by atoms with Crippen molar-refractivity contribution in [2.45, 2.75) is 6.04 Å². The minimum Gasteiger partial charge on any atom is -0.497 e. The van der Waals surface area contributed by atoms with Crippen LogP contribution in [0, 0.1) is 0 Å². The van der Waals surface area contributed by atoms with E-state index in [0.717, 1.165) is 22.7 Å². The number of rotatable bonds is 6. The van der Waals surface area contributed by atoms with E-state index in [4.69, 9.17) is 16.3 Å². The van der Waals surface area contributed by atoms with Gasteiger partial charge in [-0.3, -0.25) is 4.79 Å². The molecule has 0 radical (unpaired) electrons. The fraction of sp³-hybridized carbons (Fsp3) is 0.143. The summed E-state index contributed by atoms with van der Waals surface area (Å²) in [6, 6.07) is 14.5. The van der Waals surface area contributed by atoms with E-state index >= 15 is 0 Å². The Morgan fingerprint density at radius 1 is 1.26 bits per heavy atom. The number of hydrogen-bond donors (Lipinski definition) is 1. The van der Waals surface area contributed by atoms with Crippen LogP contribution in [0.15, 0.2) is 67.0 Å². The van der Waals surface area contributed by atoms with Crippen LogP contribution < -0.4 is 10.1 Å². The Labute approximate surface area is 163 Å². The summed E-state index contributed by atoms with van der Waals surface area (Å²) in [6.07, 6.45) is 6.79. The first-order chi connectivity index (χ1) is 13.1. The highest BCUT2D eigenvalue weighted by Crippen LogP contribution is 2.22. The van der Waals surface area contributed by atoms with Crippen LogP contribution in [0.25, 0.3) is 6.08 Å². The maximum absolute atomic E-state index is 12.5. The van der Waals surface area contributed by atoms with Gasteiger partial charge in [0.25, 0.3) is 0 Å². The summed E-state index contributed by atoms with van der Waals surface area (Å²) in [5, 5.41) is 3.65. The maximum Gasteiger partial charge on any atom is 0.244 e. The molecular formula is C21H20ClN3O2. The number of amides is 1. The molecule has 138 valence electrons. The number of aryl methyl sites for hydroxylation is 1. The fourth-order valence-electron chi connectivity index (χ4n) is 2.71. The molecule has 1 amide bonds. The average molecular weight is 382 g/mol. The predicted octanol–water partition coefficient (Wildman–Crippen LogP) is 4.00. The van der Waals surface area contributed by atoms with Crippen LogP contribution in [0.3, 0.4) is 0 Å². The standard InChI is InChI=1S/C21H20ClN3O2/c1-25-13-12-23-21(25)20(16-7-9-17(22)10-8-16)24-19(26)11-6-15-4-3-5-18(14-15)27-2/h3-14,20H,1-2H3,(H,24,26). The van der Waals surface area contributed by atoms with Gasteiger partial charge in [-0.05, 0) is 41.5 Å². The molecule has 1 aromatic heterocycles. The molecule has 5 nitrogen and oxygen atoms in total. The molecule has 0 saturated heterocycles. The molecular weight excluding hydrogens is 362 g/mol. The molecule has 3 rings (SSSR count). The zero-order valence-electron chi connectivity index (χ0n) is 15.1. The smallest absolute Gasteiger partial charge is 0.244 e. The predicted molar refractivity (Wildman–Crippen MR) is 107 cm³/mol. The normalized spacial score (nSPS) is 12.1.